The maximum atomic E-state index is 2.25. The van der Waals surface area contributed by atoms with Gasteiger partial charge in [0, 0.05) is 0 Å². The van der Waals surface area contributed by atoms with Crippen LogP contribution in [0.5, 0.6) is 0 Å². The molecule has 0 aliphatic rings. The van der Waals surface area contributed by atoms with Gasteiger partial charge in [-0.3, -0.25) is 0 Å². The average Bonchev–Trinajstić information content (AvgIpc) is 2.48. The Kier molecular flexibility index (Phi) is 3.39. The van der Waals surface area contributed by atoms with Gasteiger partial charge < -0.3 is 0 Å². The lowest BCUT2D eigenvalue weighted by atomic mass is 9.90. The summed E-state index contributed by atoms with van der Waals surface area (Å²) in [7, 11) is 0. The summed E-state index contributed by atoms with van der Waals surface area (Å²) in [6.45, 7) is 4.32. The number of aryl methyl sites for hydroxylation is 2. The summed E-state index contributed by atoms with van der Waals surface area (Å²) in [6.07, 6.45) is 0. The molecule has 0 aromatic heterocycles. The van der Waals surface area contributed by atoms with E-state index in [1.807, 2.05) is 0 Å². The van der Waals surface area contributed by atoms with Crippen LogP contribution in [0.3, 0.4) is 0 Å². The SMILES string of the molecule is Cc1cccc(-c2cccc(C)c2-c2ccccc2)c1. The smallest absolute Gasteiger partial charge is 0.00761 e. The largest absolute Gasteiger partial charge is 0.0622 e. The van der Waals surface area contributed by atoms with Crippen molar-refractivity contribution in [2.45, 2.75) is 13.8 Å². The van der Waals surface area contributed by atoms with E-state index in [-0.39, 0.29) is 0 Å². The number of hydrogen-bond donors (Lipinski definition) is 0. The molecule has 0 saturated heterocycles. The molecule has 0 heterocycles. The lowest BCUT2D eigenvalue weighted by molar-refractivity contribution is 1.43. The molecule has 0 nitrogen and oxygen atoms in total. The number of hydrogen-bond acceptors (Lipinski definition) is 0. The Bertz CT molecular complexity index is 724. The fourth-order valence-electron chi connectivity index (χ4n) is 2.71. The molecule has 3 aromatic carbocycles. The Morgan fingerprint density at radius 3 is 2.05 bits per heavy atom. The minimum absolute atomic E-state index is 1.28. The zero-order valence-electron chi connectivity index (χ0n) is 11.9. The molecule has 0 bridgehead atoms. The third-order valence-electron chi connectivity index (χ3n) is 3.66. The molecule has 0 amide bonds. The highest BCUT2D eigenvalue weighted by atomic mass is 14.1. The van der Waals surface area contributed by atoms with E-state index in [4.69, 9.17) is 0 Å². The first-order valence-electron chi connectivity index (χ1n) is 6.98. The molecule has 20 heavy (non-hydrogen) atoms. The zero-order chi connectivity index (χ0) is 13.9. The van der Waals surface area contributed by atoms with Crippen molar-refractivity contribution < 1.29 is 0 Å². The number of rotatable bonds is 2. The second-order valence-corrected chi connectivity index (χ2v) is 5.23. The van der Waals surface area contributed by atoms with Gasteiger partial charge in [-0.25, -0.2) is 0 Å². The van der Waals surface area contributed by atoms with E-state index in [1.165, 1.54) is 33.4 Å². The fourth-order valence-corrected chi connectivity index (χ4v) is 2.71. The van der Waals surface area contributed by atoms with E-state index in [2.05, 4.69) is 86.6 Å². The van der Waals surface area contributed by atoms with Crippen molar-refractivity contribution in [1.82, 2.24) is 0 Å². The standard InChI is InChI=1S/C20H18/c1-15-8-6-12-18(14-15)19-13-7-9-16(2)20(19)17-10-4-3-5-11-17/h3-14H,1-2H3. The van der Waals surface area contributed by atoms with Gasteiger partial charge in [0.2, 0.25) is 0 Å². The summed E-state index contributed by atoms with van der Waals surface area (Å²) in [5.74, 6) is 0. The minimum Gasteiger partial charge on any atom is -0.0622 e. The first-order chi connectivity index (χ1) is 9.75. The van der Waals surface area contributed by atoms with E-state index in [0.29, 0.717) is 0 Å². The van der Waals surface area contributed by atoms with Crippen LogP contribution in [-0.2, 0) is 0 Å². The second-order valence-electron chi connectivity index (χ2n) is 5.23. The molecule has 0 fully saturated rings. The maximum absolute atomic E-state index is 2.25. The summed E-state index contributed by atoms with van der Waals surface area (Å²) in [5, 5.41) is 0. The van der Waals surface area contributed by atoms with Gasteiger partial charge in [-0.05, 0) is 41.7 Å². The molecule has 0 atom stereocenters. The third kappa shape index (κ3) is 2.37. The summed E-state index contributed by atoms with van der Waals surface area (Å²) in [4.78, 5) is 0. The van der Waals surface area contributed by atoms with Crippen LogP contribution in [0.2, 0.25) is 0 Å². The molecule has 0 heteroatoms. The Morgan fingerprint density at radius 1 is 0.600 bits per heavy atom. The average molecular weight is 258 g/mol. The summed E-state index contributed by atoms with van der Waals surface area (Å²) >= 11 is 0. The van der Waals surface area contributed by atoms with Crippen LogP contribution in [0.4, 0.5) is 0 Å². The first kappa shape index (κ1) is 12.7. The van der Waals surface area contributed by atoms with Gasteiger partial charge in [-0.2, -0.15) is 0 Å². The normalized spacial score (nSPS) is 10.5. The number of benzene rings is 3. The van der Waals surface area contributed by atoms with Crippen LogP contribution in [0, 0.1) is 13.8 Å². The van der Waals surface area contributed by atoms with Gasteiger partial charge in [0.15, 0.2) is 0 Å². The topological polar surface area (TPSA) is 0 Å². The fraction of sp³-hybridized carbons (Fsp3) is 0.100. The Balaban J connectivity index is 2.25. The Hall–Kier alpha value is -2.34. The molecule has 0 N–H and O–H groups in total. The van der Waals surface area contributed by atoms with Crippen LogP contribution in [0.25, 0.3) is 22.3 Å². The highest BCUT2D eigenvalue weighted by molar-refractivity contribution is 5.85. The van der Waals surface area contributed by atoms with Crippen molar-refractivity contribution in [2.24, 2.45) is 0 Å². The van der Waals surface area contributed by atoms with Crippen LogP contribution < -0.4 is 0 Å². The quantitative estimate of drug-likeness (QED) is 0.558. The Labute approximate surface area is 120 Å². The second kappa shape index (κ2) is 5.34. The predicted octanol–water partition coefficient (Wildman–Crippen LogP) is 5.64. The van der Waals surface area contributed by atoms with Crippen molar-refractivity contribution >= 4 is 0 Å². The minimum atomic E-state index is 1.28. The molecular weight excluding hydrogens is 240 g/mol. The van der Waals surface area contributed by atoms with Gasteiger partial charge in [0.05, 0.1) is 0 Å². The van der Waals surface area contributed by atoms with E-state index in [0.717, 1.165) is 0 Å². The molecule has 98 valence electrons. The molecule has 0 radical (unpaired) electrons. The zero-order valence-corrected chi connectivity index (χ0v) is 11.9. The molecule has 0 aliphatic carbocycles. The van der Waals surface area contributed by atoms with E-state index >= 15 is 0 Å². The first-order valence-corrected chi connectivity index (χ1v) is 6.98. The highest BCUT2D eigenvalue weighted by Gasteiger charge is 2.09. The Morgan fingerprint density at radius 2 is 1.30 bits per heavy atom. The third-order valence-corrected chi connectivity index (χ3v) is 3.66. The van der Waals surface area contributed by atoms with E-state index in [9.17, 15) is 0 Å². The van der Waals surface area contributed by atoms with Crippen molar-refractivity contribution in [1.29, 1.82) is 0 Å². The summed E-state index contributed by atoms with van der Waals surface area (Å²) < 4.78 is 0. The van der Waals surface area contributed by atoms with Crippen molar-refractivity contribution in [3.63, 3.8) is 0 Å². The molecule has 0 saturated carbocycles. The van der Waals surface area contributed by atoms with Crippen molar-refractivity contribution in [3.05, 3.63) is 83.9 Å². The van der Waals surface area contributed by atoms with Crippen LogP contribution in [0.1, 0.15) is 11.1 Å². The predicted molar refractivity (Wildman–Crippen MR) is 86.8 cm³/mol. The molecule has 3 rings (SSSR count). The van der Waals surface area contributed by atoms with Gasteiger partial charge in [0.25, 0.3) is 0 Å². The van der Waals surface area contributed by atoms with Gasteiger partial charge in [-0.15, -0.1) is 0 Å². The molecule has 0 unspecified atom stereocenters. The molecule has 0 spiro atoms. The lowest BCUT2D eigenvalue weighted by Crippen LogP contribution is -1.89. The van der Waals surface area contributed by atoms with E-state index < -0.39 is 0 Å². The summed E-state index contributed by atoms with van der Waals surface area (Å²) in [6, 6.07) is 25.9. The van der Waals surface area contributed by atoms with Crippen molar-refractivity contribution in [3.8, 4) is 22.3 Å². The van der Waals surface area contributed by atoms with Crippen molar-refractivity contribution in [2.75, 3.05) is 0 Å². The van der Waals surface area contributed by atoms with Crippen LogP contribution in [-0.4, -0.2) is 0 Å². The summed E-state index contributed by atoms with van der Waals surface area (Å²) in [5.41, 5.74) is 7.81. The molecular formula is C20H18. The molecule has 0 aliphatic heterocycles. The van der Waals surface area contributed by atoms with Crippen LogP contribution in [0.15, 0.2) is 72.8 Å². The lowest BCUT2D eigenvalue weighted by Gasteiger charge is -2.13. The van der Waals surface area contributed by atoms with Gasteiger partial charge in [-0.1, -0.05) is 78.4 Å². The van der Waals surface area contributed by atoms with Gasteiger partial charge in [0.1, 0.15) is 0 Å². The van der Waals surface area contributed by atoms with Crippen LogP contribution >= 0.6 is 0 Å². The molecule has 3 aromatic rings. The van der Waals surface area contributed by atoms with E-state index in [1.54, 1.807) is 0 Å². The highest BCUT2D eigenvalue weighted by Crippen LogP contribution is 2.34. The van der Waals surface area contributed by atoms with Gasteiger partial charge >= 0.3 is 0 Å². The maximum Gasteiger partial charge on any atom is -0.00761 e. The monoisotopic (exact) mass is 258 g/mol.